The van der Waals surface area contributed by atoms with Crippen molar-refractivity contribution in [3.63, 3.8) is 0 Å². The highest BCUT2D eigenvalue weighted by Gasteiger charge is 2.09. The lowest BCUT2D eigenvalue weighted by Gasteiger charge is -2.05. The Morgan fingerprint density at radius 3 is 2.29 bits per heavy atom. The van der Waals surface area contributed by atoms with E-state index in [4.69, 9.17) is 4.98 Å². The molecule has 0 atom stereocenters. The standard InChI is InChI=1S/C18H17FN2/c1-3-18-20-17(14-6-4-13(2)5-7-14)12-21(18)16-10-8-15(19)9-11-16/h4-12H,3H2,1-2H3. The molecule has 0 aliphatic rings. The van der Waals surface area contributed by atoms with Gasteiger partial charge in [0.2, 0.25) is 0 Å². The summed E-state index contributed by atoms with van der Waals surface area (Å²) in [6.07, 6.45) is 2.83. The van der Waals surface area contributed by atoms with E-state index in [1.54, 1.807) is 12.1 Å². The van der Waals surface area contributed by atoms with Crippen LogP contribution in [0.4, 0.5) is 4.39 Å². The van der Waals surface area contributed by atoms with Gasteiger partial charge in [-0.3, -0.25) is 0 Å². The molecular weight excluding hydrogens is 263 g/mol. The molecule has 3 rings (SSSR count). The summed E-state index contributed by atoms with van der Waals surface area (Å²) in [5, 5.41) is 0. The van der Waals surface area contributed by atoms with Crippen molar-refractivity contribution in [3.05, 3.63) is 71.9 Å². The summed E-state index contributed by atoms with van der Waals surface area (Å²) in [6.45, 7) is 4.14. The first-order chi connectivity index (χ1) is 10.2. The lowest BCUT2D eigenvalue weighted by atomic mass is 10.1. The SMILES string of the molecule is CCc1nc(-c2ccc(C)cc2)cn1-c1ccc(F)cc1. The molecule has 0 spiro atoms. The van der Waals surface area contributed by atoms with Gasteiger partial charge in [-0.15, -0.1) is 0 Å². The Morgan fingerprint density at radius 1 is 1.00 bits per heavy atom. The van der Waals surface area contributed by atoms with E-state index in [-0.39, 0.29) is 5.82 Å². The summed E-state index contributed by atoms with van der Waals surface area (Å²) < 4.78 is 15.1. The summed E-state index contributed by atoms with van der Waals surface area (Å²) in [5.41, 5.74) is 4.19. The minimum atomic E-state index is -0.226. The van der Waals surface area contributed by atoms with Crippen molar-refractivity contribution in [1.82, 2.24) is 9.55 Å². The van der Waals surface area contributed by atoms with Crippen LogP contribution in [-0.4, -0.2) is 9.55 Å². The van der Waals surface area contributed by atoms with Gasteiger partial charge in [0.15, 0.2) is 0 Å². The van der Waals surface area contributed by atoms with Gasteiger partial charge in [0.1, 0.15) is 11.6 Å². The quantitative estimate of drug-likeness (QED) is 0.688. The normalized spacial score (nSPS) is 10.8. The molecule has 0 bridgehead atoms. The Balaban J connectivity index is 2.05. The number of hydrogen-bond acceptors (Lipinski definition) is 1. The zero-order valence-corrected chi connectivity index (χ0v) is 12.2. The molecule has 2 aromatic carbocycles. The van der Waals surface area contributed by atoms with E-state index in [9.17, 15) is 4.39 Å². The van der Waals surface area contributed by atoms with Gasteiger partial charge in [0.05, 0.1) is 5.69 Å². The largest absolute Gasteiger partial charge is 0.303 e. The van der Waals surface area contributed by atoms with Gasteiger partial charge in [0.25, 0.3) is 0 Å². The number of hydrogen-bond donors (Lipinski definition) is 0. The van der Waals surface area contributed by atoms with Crippen molar-refractivity contribution in [2.75, 3.05) is 0 Å². The highest BCUT2D eigenvalue weighted by Crippen LogP contribution is 2.22. The second-order valence-corrected chi connectivity index (χ2v) is 5.11. The van der Waals surface area contributed by atoms with Crippen molar-refractivity contribution >= 4 is 0 Å². The number of aromatic nitrogens is 2. The van der Waals surface area contributed by atoms with Crippen LogP contribution >= 0.6 is 0 Å². The molecule has 2 nitrogen and oxygen atoms in total. The molecule has 3 heteroatoms. The summed E-state index contributed by atoms with van der Waals surface area (Å²) in [6, 6.07) is 14.8. The van der Waals surface area contributed by atoms with E-state index >= 15 is 0 Å². The number of imidazole rings is 1. The molecule has 106 valence electrons. The summed E-state index contributed by atoms with van der Waals surface area (Å²) in [7, 11) is 0. The molecule has 0 saturated carbocycles. The molecule has 3 aromatic rings. The Morgan fingerprint density at radius 2 is 1.67 bits per heavy atom. The highest BCUT2D eigenvalue weighted by molar-refractivity contribution is 5.60. The van der Waals surface area contributed by atoms with Crippen LogP contribution in [0.15, 0.2) is 54.7 Å². The van der Waals surface area contributed by atoms with Crippen LogP contribution in [0.5, 0.6) is 0 Å². The van der Waals surface area contributed by atoms with Crippen LogP contribution in [0, 0.1) is 12.7 Å². The zero-order chi connectivity index (χ0) is 14.8. The number of nitrogens with zero attached hydrogens (tertiary/aromatic N) is 2. The van der Waals surface area contributed by atoms with Gasteiger partial charge < -0.3 is 4.57 Å². The predicted octanol–water partition coefficient (Wildman–Crippen LogP) is 4.55. The van der Waals surface area contributed by atoms with Crippen LogP contribution in [0.3, 0.4) is 0 Å². The molecule has 0 aliphatic carbocycles. The maximum atomic E-state index is 13.1. The summed E-state index contributed by atoms with van der Waals surface area (Å²) >= 11 is 0. The lowest BCUT2D eigenvalue weighted by molar-refractivity contribution is 0.627. The number of halogens is 1. The lowest BCUT2D eigenvalue weighted by Crippen LogP contribution is -1.98. The minimum Gasteiger partial charge on any atom is -0.303 e. The maximum absolute atomic E-state index is 13.1. The molecule has 1 aromatic heterocycles. The first-order valence-electron chi connectivity index (χ1n) is 7.08. The fourth-order valence-corrected chi connectivity index (χ4v) is 2.36. The second kappa shape index (κ2) is 5.52. The molecule has 0 unspecified atom stereocenters. The number of benzene rings is 2. The first-order valence-corrected chi connectivity index (χ1v) is 7.08. The average Bonchev–Trinajstić information content (AvgIpc) is 2.93. The molecule has 0 N–H and O–H groups in total. The summed E-state index contributed by atoms with van der Waals surface area (Å²) in [4.78, 5) is 4.70. The molecule has 1 heterocycles. The van der Waals surface area contributed by atoms with E-state index in [1.807, 2.05) is 10.8 Å². The van der Waals surface area contributed by atoms with Gasteiger partial charge in [-0.05, 0) is 31.2 Å². The first kappa shape index (κ1) is 13.6. The van der Waals surface area contributed by atoms with Crippen molar-refractivity contribution < 1.29 is 4.39 Å². The highest BCUT2D eigenvalue weighted by atomic mass is 19.1. The van der Waals surface area contributed by atoms with Crippen LogP contribution in [0.25, 0.3) is 16.9 Å². The minimum absolute atomic E-state index is 0.226. The average molecular weight is 280 g/mol. The fraction of sp³-hybridized carbons (Fsp3) is 0.167. The van der Waals surface area contributed by atoms with Gasteiger partial charge >= 0.3 is 0 Å². The van der Waals surface area contributed by atoms with Crippen LogP contribution in [0.1, 0.15) is 18.3 Å². The predicted molar refractivity (Wildman–Crippen MR) is 83.1 cm³/mol. The van der Waals surface area contributed by atoms with Gasteiger partial charge in [-0.1, -0.05) is 36.8 Å². The molecule has 0 amide bonds. The zero-order valence-electron chi connectivity index (χ0n) is 12.2. The molecule has 0 fully saturated rings. The Hall–Kier alpha value is -2.42. The third kappa shape index (κ3) is 2.72. The monoisotopic (exact) mass is 280 g/mol. The maximum Gasteiger partial charge on any atom is 0.123 e. The van der Waals surface area contributed by atoms with Crippen molar-refractivity contribution in [1.29, 1.82) is 0 Å². The van der Waals surface area contributed by atoms with Crippen molar-refractivity contribution in [2.45, 2.75) is 20.3 Å². The number of aryl methyl sites for hydroxylation is 2. The van der Waals surface area contributed by atoms with Gasteiger partial charge in [0, 0.05) is 23.9 Å². The topological polar surface area (TPSA) is 17.8 Å². The molecule has 0 radical (unpaired) electrons. The van der Waals surface area contributed by atoms with Crippen LogP contribution in [0.2, 0.25) is 0 Å². The molecule has 21 heavy (non-hydrogen) atoms. The van der Waals surface area contributed by atoms with E-state index in [1.165, 1.54) is 17.7 Å². The number of rotatable bonds is 3. The molecule has 0 saturated heterocycles. The second-order valence-electron chi connectivity index (χ2n) is 5.11. The van der Waals surface area contributed by atoms with Gasteiger partial charge in [-0.25, -0.2) is 9.37 Å². The summed E-state index contributed by atoms with van der Waals surface area (Å²) in [5.74, 6) is 0.743. The smallest absolute Gasteiger partial charge is 0.123 e. The van der Waals surface area contributed by atoms with E-state index < -0.39 is 0 Å². The Labute approximate surface area is 123 Å². The van der Waals surface area contributed by atoms with E-state index in [0.29, 0.717) is 0 Å². The van der Waals surface area contributed by atoms with E-state index in [2.05, 4.69) is 38.1 Å². The van der Waals surface area contributed by atoms with Crippen LogP contribution < -0.4 is 0 Å². The van der Waals surface area contributed by atoms with E-state index in [0.717, 1.165) is 29.2 Å². The fourth-order valence-electron chi connectivity index (χ4n) is 2.36. The van der Waals surface area contributed by atoms with Crippen molar-refractivity contribution in [2.24, 2.45) is 0 Å². The third-order valence-corrected chi connectivity index (χ3v) is 3.55. The van der Waals surface area contributed by atoms with Crippen LogP contribution in [-0.2, 0) is 6.42 Å². The third-order valence-electron chi connectivity index (χ3n) is 3.55. The Kier molecular flexibility index (Phi) is 3.57. The Bertz CT molecular complexity index is 740. The molecular formula is C18H17FN2. The molecule has 0 aliphatic heterocycles. The van der Waals surface area contributed by atoms with Crippen molar-refractivity contribution in [3.8, 4) is 16.9 Å². The van der Waals surface area contributed by atoms with Gasteiger partial charge in [-0.2, -0.15) is 0 Å².